The lowest BCUT2D eigenvalue weighted by Gasteiger charge is -2.10. The standard InChI is InChI=1S/C23H22N2O4/c26-20-9-6-8-17-7-2-3-10-21(17)27-13-4-1-5-14-28-22-15-18(11-12-24-22)23-25-19(20)16-29-23/h1-3,5,7,10-12,15-16H,4,6,8-9,13-14H2/b5-1+. The number of ether oxygens (including phenoxy) is 2. The van der Waals surface area contributed by atoms with Crippen molar-refractivity contribution in [1.29, 1.82) is 0 Å². The lowest BCUT2D eigenvalue weighted by atomic mass is 10.0. The third kappa shape index (κ3) is 4.90. The van der Waals surface area contributed by atoms with Gasteiger partial charge in [0, 0.05) is 24.2 Å². The van der Waals surface area contributed by atoms with Crippen LogP contribution in [-0.4, -0.2) is 29.0 Å². The van der Waals surface area contributed by atoms with Crippen LogP contribution in [0.15, 0.2) is 65.4 Å². The van der Waals surface area contributed by atoms with Crippen molar-refractivity contribution in [3.63, 3.8) is 0 Å². The zero-order valence-electron chi connectivity index (χ0n) is 16.0. The molecule has 0 fully saturated rings. The molecule has 0 atom stereocenters. The number of fused-ring (bicyclic) bond motifs is 6. The van der Waals surface area contributed by atoms with Crippen molar-refractivity contribution >= 4 is 5.78 Å². The first-order valence-corrected chi connectivity index (χ1v) is 9.73. The average Bonchev–Trinajstić information content (AvgIpc) is 3.24. The van der Waals surface area contributed by atoms with Gasteiger partial charge in [0.25, 0.3) is 0 Å². The number of carbonyl (C=O) groups is 1. The van der Waals surface area contributed by atoms with Crippen LogP contribution in [0, 0.1) is 0 Å². The summed E-state index contributed by atoms with van der Waals surface area (Å²) in [6.07, 6.45) is 9.68. The number of pyridine rings is 1. The molecule has 4 bridgehead atoms. The normalized spacial score (nSPS) is 16.3. The van der Waals surface area contributed by atoms with E-state index in [0.29, 0.717) is 43.5 Å². The molecular formula is C23H22N2O4. The molecule has 1 aliphatic heterocycles. The molecule has 0 radical (unpaired) electrons. The van der Waals surface area contributed by atoms with E-state index in [2.05, 4.69) is 9.97 Å². The maximum Gasteiger partial charge on any atom is 0.226 e. The molecule has 6 heteroatoms. The van der Waals surface area contributed by atoms with Crippen molar-refractivity contribution < 1.29 is 18.7 Å². The molecule has 6 nitrogen and oxygen atoms in total. The van der Waals surface area contributed by atoms with Gasteiger partial charge in [-0.15, -0.1) is 0 Å². The molecule has 0 saturated heterocycles. The zero-order chi connectivity index (χ0) is 19.9. The Labute approximate surface area is 169 Å². The van der Waals surface area contributed by atoms with Gasteiger partial charge in [-0.2, -0.15) is 0 Å². The highest BCUT2D eigenvalue weighted by Gasteiger charge is 2.15. The van der Waals surface area contributed by atoms with E-state index < -0.39 is 0 Å². The lowest BCUT2D eigenvalue weighted by molar-refractivity contribution is 0.0975. The molecule has 3 heterocycles. The first-order chi connectivity index (χ1) is 14.3. The number of benzene rings is 1. The summed E-state index contributed by atoms with van der Waals surface area (Å²) in [5.41, 5.74) is 2.16. The first-order valence-electron chi connectivity index (χ1n) is 9.73. The lowest BCUT2D eigenvalue weighted by Crippen LogP contribution is -2.02. The second kappa shape index (κ2) is 9.19. The van der Waals surface area contributed by atoms with E-state index in [1.54, 1.807) is 18.3 Å². The minimum Gasteiger partial charge on any atom is -0.493 e. The van der Waals surface area contributed by atoms with Crippen molar-refractivity contribution in [2.45, 2.75) is 25.7 Å². The predicted molar refractivity (Wildman–Crippen MR) is 108 cm³/mol. The summed E-state index contributed by atoms with van der Waals surface area (Å²) >= 11 is 0. The highest BCUT2D eigenvalue weighted by atomic mass is 16.5. The van der Waals surface area contributed by atoms with E-state index in [1.807, 2.05) is 36.4 Å². The molecule has 1 aromatic carbocycles. The number of oxazole rings is 1. The summed E-state index contributed by atoms with van der Waals surface area (Å²) in [5.74, 6) is 1.69. The summed E-state index contributed by atoms with van der Waals surface area (Å²) in [6, 6.07) is 11.5. The molecule has 148 valence electrons. The second-order valence-corrected chi connectivity index (χ2v) is 6.72. The number of carbonyl (C=O) groups excluding carboxylic acids is 1. The molecule has 0 amide bonds. The Hall–Kier alpha value is -3.41. The van der Waals surface area contributed by atoms with Crippen molar-refractivity contribution in [1.82, 2.24) is 9.97 Å². The van der Waals surface area contributed by atoms with Crippen LogP contribution in [0.2, 0.25) is 0 Å². The van der Waals surface area contributed by atoms with Gasteiger partial charge in [0.05, 0.1) is 6.61 Å². The van der Waals surface area contributed by atoms with Gasteiger partial charge in [-0.05, 0) is 37.0 Å². The molecule has 0 unspecified atom stereocenters. The van der Waals surface area contributed by atoms with Gasteiger partial charge in [0.2, 0.25) is 11.8 Å². The second-order valence-electron chi connectivity index (χ2n) is 6.72. The number of aromatic nitrogens is 2. The highest BCUT2D eigenvalue weighted by Crippen LogP contribution is 2.24. The Morgan fingerprint density at radius 2 is 1.93 bits per heavy atom. The Bertz CT molecular complexity index is 1010. The number of hydrogen-bond donors (Lipinski definition) is 0. The van der Waals surface area contributed by atoms with Gasteiger partial charge >= 0.3 is 0 Å². The smallest absolute Gasteiger partial charge is 0.226 e. The van der Waals surface area contributed by atoms with Gasteiger partial charge in [0.15, 0.2) is 5.78 Å². The van der Waals surface area contributed by atoms with Crippen LogP contribution in [0.4, 0.5) is 0 Å². The third-order valence-corrected chi connectivity index (χ3v) is 4.63. The van der Waals surface area contributed by atoms with Crippen molar-refractivity contribution in [3.05, 3.63) is 72.3 Å². The van der Waals surface area contributed by atoms with Crippen LogP contribution in [-0.2, 0) is 6.42 Å². The molecule has 0 aliphatic carbocycles. The fourth-order valence-corrected chi connectivity index (χ4v) is 3.13. The van der Waals surface area contributed by atoms with E-state index in [0.717, 1.165) is 29.7 Å². The molecule has 2 aromatic heterocycles. The van der Waals surface area contributed by atoms with Crippen LogP contribution in [0.25, 0.3) is 11.5 Å². The minimum atomic E-state index is -0.0361. The molecule has 4 rings (SSSR count). The van der Waals surface area contributed by atoms with Gasteiger partial charge in [-0.1, -0.05) is 30.4 Å². The van der Waals surface area contributed by atoms with Crippen LogP contribution >= 0.6 is 0 Å². The van der Waals surface area contributed by atoms with Crippen LogP contribution < -0.4 is 9.47 Å². The van der Waals surface area contributed by atoms with Crippen molar-refractivity contribution in [2.75, 3.05) is 13.2 Å². The summed E-state index contributed by atoms with van der Waals surface area (Å²) in [6.45, 7) is 0.990. The maximum absolute atomic E-state index is 12.5. The minimum absolute atomic E-state index is 0.0361. The third-order valence-electron chi connectivity index (χ3n) is 4.63. The van der Waals surface area contributed by atoms with E-state index >= 15 is 0 Å². The zero-order valence-corrected chi connectivity index (χ0v) is 16.0. The highest BCUT2D eigenvalue weighted by molar-refractivity contribution is 5.94. The summed E-state index contributed by atoms with van der Waals surface area (Å²) < 4.78 is 17.1. The maximum atomic E-state index is 12.5. The van der Waals surface area contributed by atoms with Gasteiger partial charge in [0.1, 0.15) is 24.3 Å². The summed E-state index contributed by atoms with van der Waals surface area (Å²) in [5, 5.41) is 0. The van der Waals surface area contributed by atoms with E-state index in [1.165, 1.54) is 6.26 Å². The number of aryl methyl sites for hydroxylation is 1. The first kappa shape index (κ1) is 18.9. The average molecular weight is 390 g/mol. The van der Waals surface area contributed by atoms with E-state index in [-0.39, 0.29) is 5.78 Å². The molecule has 3 aromatic rings. The van der Waals surface area contributed by atoms with Crippen LogP contribution in [0.5, 0.6) is 11.6 Å². The van der Waals surface area contributed by atoms with E-state index in [4.69, 9.17) is 13.9 Å². The quantitative estimate of drug-likeness (QED) is 0.520. The van der Waals surface area contributed by atoms with Gasteiger partial charge in [-0.3, -0.25) is 4.79 Å². The number of rotatable bonds is 0. The largest absolute Gasteiger partial charge is 0.493 e. The van der Waals surface area contributed by atoms with Crippen LogP contribution in [0.3, 0.4) is 0 Å². The van der Waals surface area contributed by atoms with Crippen molar-refractivity contribution in [2.24, 2.45) is 0 Å². The Kier molecular flexibility index (Phi) is 6.00. The number of ketones is 1. The summed E-state index contributed by atoms with van der Waals surface area (Å²) in [7, 11) is 0. The SMILES string of the molecule is O=C1CCCc2ccccc2OCC/C=C/COc2cc(ccn2)-c2nc1co2. The van der Waals surface area contributed by atoms with Gasteiger partial charge in [-0.25, -0.2) is 9.97 Å². The number of Topliss-reactive ketones (excluding diaryl/α,β-unsaturated/α-hetero) is 1. The van der Waals surface area contributed by atoms with Gasteiger partial charge < -0.3 is 13.9 Å². The molecule has 0 spiro atoms. The molecule has 0 N–H and O–H groups in total. The number of hydrogen-bond acceptors (Lipinski definition) is 6. The monoisotopic (exact) mass is 390 g/mol. The number of para-hydroxylation sites is 1. The molecular weight excluding hydrogens is 368 g/mol. The fourth-order valence-electron chi connectivity index (χ4n) is 3.13. The predicted octanol–water partition coefficient (Wildman–Crippen LogP) is 4.66. The molecule has 1 aliphatic rings. The Balaban J connectivity index is 1.55. The number of nitrogens with zero attached hydrogens (tertiary/aromatic N) is 2. The van der Waals surface area contributed by atoms with Crippen molar-refractivity contribution in [3.8, 4) is 23.1 Å². The summed E-state index contributed by atoms with van der Waals surface area (Å²) in [4.78, 5) is 21.1. The Morgan fingerprint density at radius 1 is 1.00 bits per heavy atom. The fraction of sp³-hybridized carbons (Fsp3) is 0.261. The molecule has 0 saturated carbocycles. The Morgan fingerprint density at radius 3 is 2.90 bits per heavy atom. The van der Waals surface area contributed by atoms with E-state index in [9.17, 15) is 4.79 Å². The van der Waals surface area contributed by atoms with Crippen LogP contribution in [0.1, 0.15) is 35.3 Å². The molecule has 29 heavy (non-hydrogen) atoms. The topological polar surface area (TPSA) is 74.5 Å².